The van der Waals surface area contributed by atoms with Crippen LogP contribution in [0.15, 0.2) is 30.6 Å². The zero-order chi connectivity index (χ0) is 21.5. The normalized spacial score (nSPS) is 12.3. The van der Waals surface area contributed by atoms with E-state index in [-0.39, 0.29) is 23.7 Å². The molecule has 0 saturated carbocycles. The van der Waals surface area contributed by atoms with Crippen molar-refractivity contribution in [1.29, 1.82) is 10.5 Å². The molecule has 1 aromatic carbocycles. The summed E-state index contributed by atoms with van der Waals surface area (Å²) in [5.74, 6) is 0.795. The minimum atomic E-state index is -0.313. The number of hydrogen-bond acceptors (Lipinski definition) is 7. The SMILES string of the molecule is Cn1nc(C#N)cc1-c1cnc(NCc2c(F)ccc3c2CCO3)n2cc(C#N)nc12. The first-order chi connectivity index (χ1) is 15.1. The molecule has 5 rings (SSSR count). The highest BCUT2D eigenvalue weighted by Gasteiger charge is 2.21. The van der Waals surface area contributed by atoms with Crippen LogP contribution in [-0.2, 0) is 20.0 Å². The molecule has 1 N–H and O–H groups in total. The predicted molar refractivity (Wildman–Crippen MR) is 108 cm³/mol. The fraction of sp³-hybridized carbons (Fsp3) is 0.190. The van der Waals surface area contributed by atoms with Crippen LogP contribution in [0.25, 0.3) is 16.9 Å². The number of anilines is 1. The first kappa shape index (κ1) is 18.6. The van der Waals surface area contributed by atoms with Crippen LogP contribution < -0.4 is 10.1 Å². The highest BCUT2D eigenvalue weighted by molar-refractivity contribution is 5.77. The molecule has 0 spiro atoms. The van der Waals surface area contributed by atoms with Crippen molar-refractivity contribution in [3.05, 3.63) is 58.9 Å². The summed E-state index contributed by atoms with van der Waals surface area (Å²) < 4.78 is 23.2. The fourth-order valence-corrected chi connectivity index (χ4v) is 3.79. The molecule has 0 radical (unpaired) electrons. The van der Waals surface area contributed by atoms with Crippen molar-refractivity contribution in [3.63, 3.8) is 0 Å². The molecule has 4 aromatic rings. The van der Waals surface area contributed by atoms with E-state index >= 15 is 0 Å². The summed E-state index contributed by atoms with van der Waals surface area (Å²) in [6.07, 6.45) is 3.81. The second kappa shape index (κ2) is 7.11. The van der Waals surface area contributed by atoms with Crippen molar-refractivity contribution in [2.45, 2.75) is 13.0 Å². The number of nitriles is 2. The molecule has 10 heteroatoms. The molecule has 0 saturated heterocycles. The number of nitrogens with zero attached hydrogens (tertiary/aromatic N) is 7. The van der Waals surface area contributed by atoms with E-state index in [2.05, 4.69) is 20.4 Å². The van der Waals surface area contributed by atoms with Gasteiger partial charge in [-0.25, -0.2) is 14.4 Å². The van der Waals surface area contributed by atoms with Crippen molar-refractivity contribution in [2.24, 2.45) is 7.05 Å². The Morgan fingerprint density at radius 3 is 2.87 bits per heavy atom. The zero-order valence-electron chi connectivity index (χ0n) is 16.4. The predicted octanol–water partition coefficient (Wildman–Crippen LogP) is 2.56. The smallest absolute Gasteiger partial charge is 0.208 e. The molecule has 1 aliphatic heterocycles. The quantitative estimate of drug-likeness (QED) is 0.545. The Morgan fingerprint density at radius 2 is 2.10 bits per heavy atom. The van der Waals surface area contributed by atoms with Gasteiger partial charge in [0.2, 0.25) is 5.95 Å². The number of nitrogens with one attached hydrogen (secondary N) is 1. The van der Waals surface area contributed by atoms with Gasteiger partial charge in [0, 0.05) is 43.4 Å². The van der Waals surface area contributed by atoms with Crippen LogP contribution in [0.1, 0.15) is 22.5 Å². The monoisotopic (exact) mass is 414 g/mol. The molecule has 0 bridgehead atoms. The van der Waals surface area contributed by atoms with Crippen LogP contribution in [-0.4, -0.2) is 30.8 Å². The third-order valence-electron chi connectivity index (χ3n) is 5.24. The van der Waals surface area contributed by atoms with Gasteiger partial charge in [-0.1, -0.05) is 0 Å². The topological polar surface area (TPSA) is 117 Å². The first-order valence-electron chi connectivity index (χ1n) is 9.48. The van der Waals surface area contributed by atoms with E-state index in [1.165, 1.54) is 6.07 Å². The van der Waals surface area contributed by atoms with E-state index < -0.39 is 0 Å². The molecule has 0 atom stereocenters. The van der Waals surface area contributed by atoms with E-state index in [4.69, 9.17) is 10.00 Å². The van der Waals surface area contributed by atoms with Crippen molar-refractivity contribution < 1.29 is 9.13 Å². The molecule has 3 aromatic heterocycles. The van der Waals surface area contributed by atoms with E-state index in [9.17, 15) is 9.65 Å². The molecule has 1 aliphatic rings. The van der Waals surface area contributed by atoms with Crippen molar-refractivity contribution in [1.82, 2.24) is 24.1 Å². The number of ether oxygens (including phenoxy) is 1. The Balaban J connectivity index is 1.56. The number of aromatic nitrogens is 5. The van der Waals surface area contributed by atoms with Crippen LogP contribution in [0.2, 0.25) is 0 Å². The summed E-state index contributed by atoms with van der Waals surface area (Å²) in [5.41, 5.74) is 3.58. The maximum atomic E-state index is 14.5. The summed E-state index contributed by atoms with van der Waals surface area (Å²) in [6, 6.07) is 8.71. The summed E-state index contributed by atoms with van der Waals surface area (Å²) in [4.78, 5) is 8.85. The van der Waals surface area contributed by atoms with Gasteiger partial charge in [0.15, 0.2) is 17.0 Å². The number of fused-ring (bicyclic) bond motifs is 2. The Morgan fingerprint density at radius 1 is 1.26 bits per heavy atom. The van der Waals surface area contributed by atoms with Crippen molar-refractivity contribution in [3.8, 4) is 29.1 Å². The molecular formula is C21H15FN8O. The summed E-state index contributed by atoms with van der Waals surface area (Å²) >= 11 is 0. The molecular weight excluding hydrogens is 399 g/mol. The second-order valence-corrected chi connectivity index (χ2v) is 7.03. The number of hydrogen-bond donors (Lipinski definition) is 1. The van der Waals surface area contributed by atoms with E-state index in [1.807, 2.05) is 12.1 Å². The van der Waals surface area contributed by atoms with Crippen LogP contribution >= 0.6 is 0 Å². The van der Waals surface area contributed by atoms with Gasteiger partial charge >= 0.3 is 0 Å². The molecule has 4 heterocycles. The Labute approximate surface area is 176 Å². The first-order valence-corrected chi connectivity index (χ1v) is 9.48. The average Bonchev–Trinajstić information content (AvgIpc) is 3.50. The maximum Gasteiger partial charge on any atom is 0.208 e. The molecule has 0 unspecified atom stereocenters. The van der Waals surface area contributed by atoms with Crippen molar-refractivity contribution in [2.75, 3.05) is 11.9 Å². The summed E-state index contributed by atoms with van der Waals surface area (Å²) in [5, 5.41) is 25.8. The third kappa shape index (κ3) is 3.02. The summed E-state index contributed by atoms with van der Waals surface area (Å²) in [7, 11) is 1.72. The minimum Gasteiger partial charge on any atom is -0.493 e. The molecule has 31 heavy (non-hydrogen) atoms. The lowest BCUT2D eigenvalue weighted by molar-refractivity contribution is 0.356. The second-order valence-electron chi connectivity index (χ2n) is 7.03. The van der Waals surface area contributed by atoms with Gasteiger partial charge in [-0.2, -0.15) is 15.6 Å². The van der Waals surface area contributed by atoms with E-state index in [1.54, 1.807) is 40.7 Å². The number of aryl methyl sites for hydroxylation is 1. The fourth-order valence-electron chi connectivity index (χ4n) is 3.79. The van der Waals surface area contributed by atoms with Crippen LogP contribution in [0.5, 0.6) is 5.75 Å². The standard InChI is InChI=1S/C21H15FN8O/c1-29-18(6-12(7-23)28-29)16-10-26-21(30-11-13(8-24)27-20(16)30)25-9-15-14-4-5-31-19(14)3-2-17(15)22/h2-3,6,10-11H,4-5,9H2,1H3,(H,25,26). The lowest BCUT2D eigenvalue weighted by Crippen LogP contribution is -2.10. The number of benzene rings is 1. The minimum absolute atomic E-state index is 0.199. The van der Waals surface area contributed by atoms with Crippen molar-refractivity contribution >= 4 is 11.6 Å². The van der Waals surface area contributed by atoms with Gasteiger partial charge in [-0.15, -0.1) is 0 Å². The lowest BCUT2D eigenvalue weighted by atomic mass is 10.0. The number of halogens is 1. The highest BCUT2D eigenvalue weighted by atomic mass is 19.1. The van der Waals surface area contributed by atoms with Gasteiger partial charge < -0.3 is 10.1 Å². The molecule has 152 valence electrons. The van der Waals surface area contributed by atoms with Gasteiger partial charge in [0.05, 0.1) is 24.1 Å². The van der Waals surface area contributed by atoms with Crippen LogP contribution in [0, 0.1) is 28.5 Å². The Bertz CT molecular complexity index is 1420. The van der Waals surface area contributed by atoms with Gasteiger partial charge in [0.1, 0.15) is 23.7 Å². The van der Waals surface area contributed by atoms with Crippen LogP contribution in [0.3, 0.4) is 0 Å². The number of imidazole rings is 1. The lowest BCUT2D eigenvalue weighted by Gasteiger charge is -2.13. The third-order valence-corrected chi connectivity index (χ3v) is 5.24. The van der Waals surface area contributed by atoms with E-state index in [0.29, 0.717) is 47.2 Å². The Hall–Kier alpha value is -4.44. The molecule has 0 amide bonds. The van der Waals surface area contributed by atoms with Gasteiger partial charge in [-0.3, -0.25) is 9.08 Å². The highest BCUT2D eigenvalue weighted by Crippen LogP contribution is 2.31. The maximum absolute atomic E-state index is 14.5. The average molecular weight is 414 g/mol. The largest absolute Gasteiger partial charge is 0.493 e. The van der Waals surface area contributed by atoms with Crippen LogP contribution in [0.4, 0.5) is 10.3 Å². The Kier molecular flexibility index (Phi) is 4.26. The molecule has 0 fully saturated rings. The number of rotatable bonds is 4. The van der Waals surface area contributed by atoms with E-state index in [0.717, 1.165) is 5.56 Å². The van der Waals surface area contributed by atoms with Gasteiger partial charge in [-0.05, 0) is 12.1 Å². The zero-order valence-corrected chi connectivity index (χ0v) is 16.4. The molecule has 9 nitrogen and oxygen atoms in total. The summed E-state index contributed by atoms with van der Waals surface area (Å²) in [6.45, 7) is 0.732. The molecule has 0 aliphatic carbocycles. The van der Waals surface area contributed by atoms with Gasteiger partial charge in [0.25, 0.3) is 0 Å².